The van der Waals surface area contributed by atoms with Crippen LogP contribution in [0.3, 0.4) is 0 Å². The standard InChI is InChI=1S/C28H36N8/c1-18(2)16-26-30-28(23-14-12-21(13-15-23)19(3)29)36(33-26)17-20-8-10-22(11-9-20)24-6-4-5-7-25(24)27-31-34-35-32-27/h4-11,18-19,21,23H,12-17,29H2,1-3H3,(H,31,32,34,35). The van der Waals surface area contributed by atoms with Crippen LogP contribution in [0.5, 0.6) is 0 Å². The zero-order valence-electron chi connectivity index (χ0n) is 21.4. The molecule has 0 amide bonds. The molecule has 1 atom stereocenters. The van der Waals surface area contributed by atoms with Crippen LogP contribution in [0, 0.1) is 11.8 Å². The van der Waals surface area contributed by atoms with Gasteiger partial charge in [-0.05, 0) is 66.3 Å². The SMILES string of the molecule is CC(C)Cc1nc(C2CCC(C(C)N)CC2)n(Cc2ccc(-c3ccccc3-c3nn[nH]n3)cc2)n1. The highest BCUT2D eigenvalue weighted by molar-refractivity contribution is 5.80. The van der Waals surface area contributed by atoms with Gasteiger partial charge in [-0.3, -0.25) is 0 Å². The van der Waals surface area contributed by atoms with Gasteiger partial charge in [0.05, 0.1) is 6.54 Å². The first kappa shape index (κ1) is 24.3. The molecule has 0 radical (unpaired) electrons. The number of H-pyrrole nitrogens is 1. The molecule has 36 heavy (non-hydrogen) atoms. The second-order valence-corrected chi connectivity index (χ2v) is 10.6. The van der Waals surface area contributed by atoms with Crippen molar-refractivity contribution in [1.82, 2.24) is 35.4 Å². The van der Waals surface area contributed by atoms with Crippen molar-refractivity contribution in [2.24, 2.45) is 17.6 Å². The fraction of sp³-hybridized carbons (Fsp3) is 0.464. The van der Waals surface area contributed by atoms with E-state index in [9.17, 15) is 0 Å². The molecule has 0 spiro atoms. The van der Waals surface area contributed by atoms with E-state index in [2.05, 4.69) is 76.4 Å². The van der Waals surface area contributed by atoms with Crippen molar-refractivity contribution in [1.29, 1.82) is 0 Å². The minimum atomic E-state index is 0.268. The van der Waals surface area contributed by atoms with E-state index in [1.54, 1.807) is 0 Å². The van der Waals surface area contributed by atoms with Gasteiger partial charge in [0.1, 0.15) is 5.82 Å². The lowest BCUT2D eigenvalue weighted by molar-refractivity contribution is 0.282. The molecule has 8 nitrogen and oxygen atoms in total. The second-order valence-electron chi connectivity index (χ2n) is 10.6. The Kier molecular flexibility index (Phi) is 7.23. The lowest BCUT2D eigenvalue weighted by Gasteiger charge is -2.30. The first-order chi connectivity index (χ1) is 17.5. The van der Waals surface area contributed by atoms with Crippen molar-refractivity contribution in [3.8, 4) is 22.5 Å². The Hall–Kier alpha value is -3.39. The van der Waals surface area contributed by atoms with E-state index >= 15 is 0 Å². The van der Waals surface area contributed by atoms with Crippen LogP contribution < -0.4 is 5.73 Å². The van der Waals surface area contributed by atoms with Crippen LogP contribution in [0.4, 0.5) is 0 Å². The normalized spacial score (nSPS) is 19.0. The van der Waals surface area contributed by atoms with E-state index in [1.807, 2.05) is 18.2 Å². The van der Waals surface area contributed by atoms with Gasteiger partial charge < -0.3 is 5.73 Å². The maximum Gasteiger partial charge on any atom is 0.205 e. The maximum absolute atomic E-state index is 6.19. The summed E-state index contributed by atoms with van der Waals surface area (Å²) in [5.41, 5.74) is 10.6. The van der Waals surface area contributed by atoms with Gasteiger partial charge in [0.25, 0.3) is 0 Å². The van der Waals surface area contributed by atoms with Crippen LogP contribution >= 0.6 is 0 Å². The zero-order chi connectivity index (χ0) is 25.1. The third-order valence-corrected chi connectivity index (χ3v) is 7.33. The second kappa shape index (κ2) is 10.7. The summed E-state index contributed by atoms with van der Waals surface area (Å²) < 4.78 is 2.15. The van der Waals surface area contributed by atoms with Crippen LogP contribution in [-0.4, -0.2) is 41.4 Å². The summed E-state index contributed by atoms with van der Waals surface area (Å²) in [6.45, 7) is 7.30. The number of aromatic amines is 1. The predicted octanol–water partition coefficient (Wildman–Crippen LogP) is 4.99. The van der Waals surface area contributed by atoms with Crippen LogP contribution in [0.1, 0.15) is 69.6 Å². The molecule has 1 unspecified atom stereocenters. The number of nitrogens with one attached hydrogen (secondary N) is 1. The third-order valence-electron chi connectivity index (χ3n) is 7.33. The lowest BCUT2D eigenvalue weighted by Crippen LogP contribution is -2.30. The monoisotopic (exact) mass is 484 g/mol. The number of tetrazole rings is 1. The molecule has 8 heteroatoms. The molecular formula is C28H36N8. The number of benzene rings is 2. The van der Waals surface area contributed by atoms with Gasteiger partial charge in [-0.1, -0.05) is 62.4 Å². The summed E-state index contributed by atoms with van der Waals surface area (Å²) in [6.07, 6.45) is 5.52. The van der Waals surface area contributed by atoms with Crippen molar-refractivity contribution in [2.45, 2.75) is 71.4 Å². The first-order valence-corrected chi connectivity index (χ1v) is 13.1. The summed E-state index contributed by atoms with van der Waals surface area (Å²) in [6, 6.07) is 17.1. The molecular weight excluding hydrogens is 448 g/mol. The highest BCUT2D eigenvalue weighted by Gasteiger charge is 2.28. The van der Waals surface area contributed by atoms with Gasteiger partial charge in [0.2, 0.25) is 5.82 Å². The molecule has 3 N–H and O–H groups in total. The van der Waals surface area contributed by atoms with Gasteiger partial charge in [-0.15, -0.1) is 10.2 Å². The lowest BCUT2D eigenvalue weighted by atomic mass is 9.79. The number of aromatic nitrogens is 7. The molecule has 2 aromatic heterocycles. The van der Waals surface area contributed by atoms with Crippen molar-refractivity contribution in [3.05, 3.63) is 65.7 Å². The van der Waals surface area contributed by atoms with Crippen molar-refractivity contribution in [2.75, 3.05) is 0 Å². The number of hydrogen-bond donors (Lipinski definition) is 2. The highest BCUT2D eigenvalue weighted by Crippen LogP contribution is 2.36. The van der Waals surface area contributed by atoms with Crippen molar-refractivity contribution < 1.29 is 0 Å². The number of rotatable bonds is 8. The van der Waals surface area contributed by atoms with E-state index in [1.165, 1.54) is 18.4 Å². The molecule has 0 bridgehead atoms. The fourth-order valence-electron chi connectivity index (χ4n) is 5.34. The number of nitrogens with zero attached hydrogens (tertiary/aromatic N) is 6. The predicted molar refractivity (Wildman–Crippen MR) is 141 cm³/mol. The largest absolute Gasteiger partial charge is 0.328 e. The Morgan fingerprint density at radius 1 is 0.972 bits per heavy atom. The summed E-state index contributed by atoms with van der Waals surface area (Å²) >= 11 is 0. The van der Waals surface area contributed by atoms with E-state index in [0.717, 1.165) is 54.1 Å². The van der Waals surface area contributed by atoms with E-state index in [4.69, 9.17) is 15.8 Å². The van der Waals surface area contributed by atoms with Crippen LogP contribution in [0.25, 0.3) is 22.5 Å². The van der Waals surface area contributed by atoms with Gasteiger partial charge >= 0.3 is 0 Å². The van der Waals surface area contributed by atoms with E-state index in [-0.39, 0.29) is 6.04 Å². The topological polar surface area (TPSA) is 111 Å². The number of nitrogens with two attached hydrogens (primary N) is 1. The Balaban J connectivity index is 1.38. The first-order valence-electron chi connectivity index (χ1n) is 13.1. The Bertz CT molecular complexity index is 1250. The summed E-state index contributed by atoms with van der Waals surface area (Å²) in [7, 11) is 0. The minimum Gasteiger partial charge on any atom is -0.328 e. The van der Waals surface area contributed by atoms with Gasteiger partial charge in [-0.2, -0.15) is 10.3 Å². The maximum atomic E-state index is 6.19. The minimum absolute atomic E-state index is 0.268. The molecule has 0 aliphatic heterocycles. The Morgan fingerprint density at radius 2 is 1.69 bits per heavy atom. The fourth-order valence-corrected chi connectivity index (χ4v) is 5.34. The smallest absolute Gasteiger partial charge is 0.205 e. The Morgan fingerprint density at radius 3 is 2.33 bits per heavy atom. The summed E-state index contributed by atoms with van der Waals surface area (Å²) in [5, 5.41) is 19.5. The average Bonchev–Trinajstić information content (AvgIpc) is 3.55. The molecule has 1 aliphatic rings. The average molecular weight is 485 g/mol. The van der Waals surface area contributed by atoms with Crippen LogP contribution in [0.2, 0.25) is 0 Å². The van der Waals surface area contributed by atoms with E-state index in [0.29, 0.717) is 23.6 Å². The molecule has 1 saturated carbocycles. The zero-order valence-corrected chi connectivity index (χ0v) is 21.4. The molecule has 2 heterocycles. The molecule has 0 saturated heterocycles. The third kappa shape index (κ3) is 5.38. The quantitative estimate of drug-likeness (QED) is 0.364. The molecule has 5 rings (SSSR count). The summed E-state index contributed by atoms with van der Waals surface area (Å²) in [5.74, 6) is 4.30. The van der Waals surface area contributed by atoms with Crippen molar-refractivity contribution >= 4 is 0 Å². The van der Waals surface area contributed by atoms with Gasteiger partial charge in [0.15, 0.2) is 5.82 Å². The van der Waals surface area contributed by atoms with E-state index < -0.39 is 0 Å². The van der Waals surface area contributed by atoms with Gasteiger partial charge in [-0.25, -0.2) is 9.67 Å². The van der Waals surface area contributed by atoms with Crippen LogP contribution in [-0.2, 0) is 13.0 Å². The number of hydrogen-bond acceptors (Lipinski definition) is 6. The molecule has 4 aromatic rings. The molecule has 1 fully saturated rings. The van der Waals surface area contributed by atoms with Gasteiger partial charge in [0, 0.05) is 23.9 Å². The van der Waals surface area contributed by atoms with Crippen LogP contribution in [0.15, 0.2) is 48.5 Å². The highest BCUT2D eigenvalue weighted by atomic mass is 15.5. The summed E-state index contributed by atoms with van der Waals surface area (Å²) in [4.78, 5) is 5.04. The molecule has 2 aromatic carbocycles. The molecule has 1 aliphatic carbocycles. The Labute approximate surface area is 212 Å². The van der Waals surface area contributed by atoms with Crippen molar-refractivity contribution in [3.63, 3.8) is 0 Å². The molecule has 188 valence electrons.